The quantitative estimate of drug-likeness (QED) is 0.814. The van der Waals surface area contributed by atoms with Crippen molar-refractivity contribution in [3.63, 3.8) is 0 Å². The highest BCUT2D eigenvalue weighted by atomic mass is 16.6. The molecule has 0 fully saturated rings. The minimum absolute atomic E-state index is 0.130. The van der Waals surface area contributed by atoms with Gasteiger partial charge in [0.25, 0.3) is 0 Å². The zero-order valence-corrected chi connectivity index (χ0v) is 12.0. The van der Waals surface area contributed by atoms with Gasteiger partial charge in [0.05, 0.1) is 0 Å². The minimum Gasteiger partial charge on any atom is -0.482 e. The molecule has 0 heterocycles. The molecule has 0 amide bonds. The molecule has 4 nitrogen and oxygen atoms in total. The van der Waals surface area contributed by atoms with E-state index in [0.29, 0.717) is 17.7 Å². The number of carbonyl (C=O) groups is 2. The zero-order chi connectivity index (χ0) is 15.4. The second-order valence-corrected chi connectivity index (χ2v) is 5.14. The van der Waals surface area contributed by atoms with Crippen LogP contribution < -0.4 is 4.74 Å². The van der Waals surface area contributed by atoms with Crippen molar-refractivity contribution < 1.29 is 19.1 Å². The Hall–Kier alpha value is -2.62. The third-order valence-corrected chi connectivity index (χ3v) is 3.62. The van der Waals surface area contributed by atoms with Gasteiger partial charge in [0.1, 0.15) is 5.75 Å². The van der Waals surface area contributed by atoms with Crippen molar-refractivity contribution in [3.05, 3.63) is 65.7 Å². The molecule has 3 rings (SSSR count). The normalized spacial score (nSPS) is 16.7. The van der Waals surface area contributed by atoms with Gasteiger partial charge >= 0.3 is 5.97 Å². The van der Waals surface area contributed by atoms with Gasteiger partial charge in [0.2, 0.25) is 5.78 Å². The molecule has 0 radical (unpaired) electrons. The molecule has 22 heavy (non-hydrogen) atoms. The van der Waals surface area contributed by atoms with Crippen LogP contribution >= 0.6 is 0 Å². The lowest BCUT2D eigenvalue weighted by atomic mass is 9.89. The minimum atomic E-state index is -0.707. The molecular formula is C18H16O4. The predicted molar refractivity (Wildman–Crippen MR) is 80.9 cm³/mol. The van der Waals surface area contributed by atoms with Gasteiger partial charge in [0.15, 0.2) is 12.7 Å². The van der Waals surface area contributed by atoms with E-state index in [2.05, 4.69) is 0 Å². The van der Waals surface area contributed by atoms with E-state index in [1.54, 1.807) is 18.2 Å². The summed E-state index contributed by atoms with van der Waals surface area (Å²) in [5, 5.41) is 0. The van der Waals surface area contributed by atoms with Crippen LogP contribution in [-0.2, 0) is 16.0 Å². The monoisotopic (exact) mass is 296 g/mol. The van der Waals surface area contributed by atoms with E-state index in [9.17, 15) is 9.59 Å². The summed E-state index contributed by atoms with van der Waals surface area (Å²) < 4.78 is 10.6. The number of benzene rings is 2. The Morgan fingerprint density at radius 2 is 1.77 bits per heavy atom. The fourth-order valence-electron chi connectivity index (χ4n) is 2.53. The average molecular weight is 296 g/mol. The molecule has 0 saturated heterocycles. The second kappa shape index (κ2) is 6.43. The summed E-state index contributed by atoms with van der Waals surface area (Å²) >= 11 is 0. The number of fused-ring (bicyclic) bond motifs is 1. The summed E-state index contributed by atoms with van der Waals surface area (Å²) in [5.41, 5.74) is 1.66. The molecule has 0 N–H and O–H groups in total. The first kappa shape index (κ1) is 14.3. The summed E-state index contributed by atoms with van der Waals surface area (Å²) in [6.45, 7) is -0.199. The zero-order valence-electron chi connectivity index (χ0n) is 12.0. The lowest BCUT2D eigenvalue weighted by Gasteiger charge is -2.23. The van der Waals surface area contributed by atoms with E-state index in [1.165, 1.54) is 0 Å². The van der Waals surface area contributed by atoms with Crippen LogP contribution in [0.5, 0.6) is 5.75 Å². The standard InChI is InChI=1S/C18H16O4/c19-17(12-21-14-7-2-1-3-8-14)22-16-11-10-13-6-4-5-9-15(13)18(16)20/h1-9,16H,10-12H2. The molecule has 4 heteroatoms. The molecule has 0 bridgehead atoms. The number of hydrogen-bond acceptors (Lipinski definition) is 4. The van der Waals surface area contributed by atoms with Crippen LogP contribution in [0.4, 0.5) is 0 Å². The van der Waals surface area contributed by atoms with Crippen molar-refractivity contribution in [1.29, 1.82) is 0 Å². The first-order valence-corrected chi connectivity index (χ1v) is 7.23. The summed E-state index contributed by atoms with van der Waals surface area (Å²) in [4.78, 5) is 24.2. The van der Waals surface area contributed by atoms with Crippen molar-refractivity contribution in [2.24, 2.45) is 0 Å². The fourth-order valence-corrected chi connectivity index (χ4v) is 2.53. The van der Waals surface area contributed by atoms with Gasteiger partial charge in [-0.05, 0) is 30.5 Å². The second-order valence-electron chi connectivity index (χ2n) is 5.14. The highest BCUT2D eigenvalue weighted by Crippen LogP contribution is 2.23. The van der Waals surface area contributed by atoms with Crippen LogP contribution in [-0.4, -0.2) is 24.5 Å². The Balaban J connectivity index is 1.57. The lowest BCUT2D eigenvalue weighted by molar-refractivity contribution is -0.149. The van der Waals surface area contributed by atoms with Crippen LogP contribution in [0, 0.1) is 0 Å². The lowest BCUT2D eigenvalue weighted by Crippen LogP contribution is -2.33. The van der Waals surface area contributed by atoms with Gasteiger partial charge in [-0.2, -0.15) is 0 Å². The smallest absolute Gasteiger partial charge is 0.344 e. The number of esters is 1. The Morgan fingerprint density at radius 1 is 1.05 bits per heavy atom. The Kier molecular flexibility index (Phi) is 4.19. The summed E-state index contributed by atoms with van der Waals surface area (Å²) in [6.07, 6.45) is 0.550. The third kappa shape index (κ3) is 3.17. The molecule has 0 aromatic heterocycles. The highest BCUT2D eigenvalue weighted by Gasteiger charge is 2.30. The van der Waals surface area contributed by atoms with Crippen molar-refractivity contribution in [2.45, 2.75) is 18.9 Å². The number of carbonyl (C=O) groups excluding carboxylic acids is 2. The largest absolute Gasteiger partial charge is 0.482 e. The maximum absolute atomic E-state index is 12.3. The van der Waals surface area contributed by atoms with E-state index in [-0.39, 0.29) is 12.4 Å². The maximum atomic E-state index is 12.3. The molecule has 112 valence electrons. The van der Waals surface area contributed by atoms with Crippen molar-refractivity contribution in [2.75, 3.05) is 6.61 Å². The maximum Gasteiger partial charge on any atom is 0.344 e. The van der Waals surface area contributed by atoms with Crippen LogP contribution in [0.1, 0.15) is 22.3 Å². The molecule has 2 aromatic carbocycles. The molecule has 0 spiro atoms. The number of aryl methyl sites for hydroxylation is 1. The van der Waals surface area contributed by atoms with Crippen molar-refractivity contribution in [3.8, 4) is 5.75 Å². The first-order valence-electron chi connectivity index (χ1n) is 7.23. The Bertz CT molecular complexity index is 678. The van der Waals surface area contributed by atoms with Crippen molar-refractivity contribution >= 4 is 11.8 Å². The van der Waals surface area contributed by atoms with Gasteiger partial charge < -0.3 is 9.47 Å². The Labute approximate surface area is 128 Å². The van der Waals surface area contributed by atoms with Crippen LogP contribution in [0.3, 0.4) is 0 Å². The molecule has 1 unspecified atom stereocenters. The van der Waals surface area contributed by atoms with Crippen LogP contribution in [0.2, 0.25) is 0 Å². The van der Waals surface area contributed by atoms with Gasteiger partial charge in [0, 0.05) is 5.56 Å². The molecular weight excluding hydrogens is 280 g/mol. The first-order chi connectivity index (χ1) is 10.7. The topological polar surface area (TPSA) is 52.6 Å². The van der Waals surface area contributed by atoms with Crippen LogP contribution in [0.15, 0.2) is 54.6 Å². The Morgan fingerprint density at radius 3 is 2.59 bits per heavy atom. The number of rotatable bonds is 4. The molecule has 1 aliphatic carbocycles. The highest BCUT2D eigenvalue weighted by molar-refractivity contribution is 6.02. The molecule has 0 saturated carbocycles. The van der Waals surface area contributed by atoms with E-state index >= 15 is 0 Å². The summed E-state index contributed by atoms with van der Waals surface area (Å²) in [5.74, 6) is -0.0590. The fraction of sp³-hybridized carbons (Fsp3) is 0.222. The number of ether oxygens (including phenoxy) is 2. The van der Waals surface area contributed by atoms with Gasteiger partial charge in [-0.3, -0.25) is 4.79 Å². The van der Waals surface area contributed by atoms with Crippen LogP contribution in [0.25, 0.3) is 0 Å². The summed E-state index contributed by atoms with van der Waals surface area (Å²) in [6, 6.07) is 16.5. The molecule has 2 aromatic rings. The SMILES string of the molecule is O=C(COc1ccccc1)OC1CCc2ccccc2C1=O. The van der Waals surface area contributed by atoms with E-state index in [1.807, 2.05) is 36.4 Å². The summed E-state index contributed by atoms with van der Waals surface area (Å²) in [7, 11) is 0. The van der Waals surface area contributed by atoms with E-state index < -0.39 is 12.1 Å². The third-order valence-electron chi connectivity index (χ3n) is 3.62. The van der Waals surface area contributed by atoms with E-state index in [0.717, 1.165) is 12.0 Å². The molecule has 0 aliphatic heterocycles. The predicted octanol–water partition coefficient (Wildman–Crippen LogP) is 2.81. The number of Topliss-reactive ketones (excluding diaryl/α,β-unsaturated/α-hetero) is 1. The number of para-hydroxylation sites is 1. The van der Waals surface area contributed by atoms with Gasteiger partial charge in [-0.25, -0.2) is 4.79 Å². The van der Waals surface area contributed by atoms with E-state index in [4.69, 9.17) is 9.47 Å². The number of hydrogen-bond donors (Lipinski definition) is 0. The molecule has 1 atom stereocenters. The average Bonchev–Trinajstić information content (AvgIpc) is 2.57. The van der Waals surface area contributed by atoms with Gasteiger partial charge in [-0.15, -0.1) is 0 Å². The van der Waals surface area contributed by atoms with Crippen molar-refractivity contribution in [1.82, 2.24) is 0 Å². The van der Waals surface area contributed by atoms with Gasteiger partial charge in [-0.1, -0.05) is 42.5 Å². The molecule has 1 aliphatic rings. The number of ketones is 1.